The molecule has 0 aromatic heterocycles. The monoisotopic (exact) mass is 482 g/mol. The molecule has 2 saturated carbocycles. The maximum absolute atomic E-state index is 13.8. The number of aliphatic hydroxyl groups is 1. The van der Waals surface area contributed by atoms with Crippen LogP contribution in [0.2, 0.25) is 0 Å². The van der Waals surface area contributed by atoms with Crippen molar-refractivity contribution >= 4 is 11.5 Å². The molecule has 0 saturated heterocycles. The van der Waals surface area contributed by atoms with Gasteiger partial charge in [0.05, 0.1) is 5.70 Å². The van der Waals surface area contributed by atoms with Gasteiger partial charge in [0.1, 0.15) is 11.5 Å². The van der Waals surface area contributed by atoms with E-state index in [0.717, 1.165) is 32.2 Å². The van der Waals surface area contributed by atoms with Gasteiger partial charge in [-0.05, 0) is 85.5 Å². The summed E-state index contributed by atoms with van der Waals surface area (Å²) in [5, 5.41) is 14.8. The summed E-state index contributed by atoms with van der Waals surface area (Å²) < 4.78 is 0. The Labute approximate surface area is 214 Å². The smallest absolute Gasteiger partial charge is 0.210 e. The van der Waals surface area contributed by atoms with Gasteiger partial charge >= 0.3 is 0 Å². The Morgan fingerprint density at radius 2 is 1.97 bits per heavy atom. The van der Waals surface area contributed by atoms with Crippen LogP contribution in [0.5, 0.6) is 0 Å². The molecule has 0 aromatic carbocycles. The molecule has 0 heterocycles. The SMILES string of the molecule is C=C1CCCC2C1(C)CCC(C)C2(C)CC1=C(O)C(NCCC(C)C)=CC(=NCC(C)CC)C1=O. The van der Waals surface area contributed by atoms with E-state index in [0.29, 0.717) is 53.6 Å². The van der Waals surface area contributed by atoms with Crippen LogP contribution in [-0.2, 0) is 4.79 Å². The first-order chi connectivity index (χ1) is 16.4. The van der Waals surface area contributed by atoms with Gasteiger partial charge in [-0.2, -0.15) is 0 Å². The minimum atomic E-state index is -0.0875. The van der Waals surface area contributed by atoms with Crippen LogP contribution in [0.3, 0.4) is 0 Å². The second-order valence-corrected chi connectivity index (χ2v) is 12.7. The van der Waals surface area contributed by atoms with Gasteiger partial charge < -0.3 is 10.4 Å². The molecule has 0 aromatic rings. The maximum Gasteiger partial charge on any atom is 0.210 e. The highest BCUT2D eigenvalue weighted by Gasteiger charge is 2.54. The Bertz CT molecular complexity index is 911. The summed E-state index contributed by atoms with van der Waals surface area (Å²) in [6.07, 6.45) is 10.2. The van der Waals surface area contributed by atoms with Gasteiger partial charge in [0, 0.05) is 18.7 Å². The largest absolute Gasteiger partial charge is 0.505 e. The van der Waals surface area contributed by atoms with Crippen molar-refractivity contribution in [3.05, 3.63) is 35.3 Å². The third-order valence-corrected chi connectivity index (χ3v) is 9.76. The molecule has 3 aliphatic carbocycles. The van der Waals surface area contributed by atoms with Crippen LogP contribution in [0.25, 0.3) is 0 Å². The van der Waals surface area contributed by atoms with Gasteiger partial charge in [0.15, 0.2) is 0 Å². The number of nitrogens with zero attached hydrogens (tertiary/aromatic N) is 1. The van der Waals surface area contributed by atoms with Crippen molar-refractivity contribution in [2.45, 2.75) is 99.8 Å². The van der Waals surface area contributed by atoms with Gasteiger partial charge in [-0.3, -0.25) is 9.79 Å². The van der Waals surface area contributed by atoms with E-state index in [9.17, 15) is 9.90 Å². The fraction of sp³-hybridized carbons (Fsp3) is 0.742. The standard InChI is InChI=1S/C31H50N2O2/c1-9-21(4)19-33-26-17-25(32-16-14-20(2)3)28(34)24(29(26)35)18-31(8)23(6)13-15-30(7)22(5)11-10-12-27(30)31/h17,20-21,23,27,32,34H,5,9-16,18-19H2,1-4,6-8H3. The lowest BCUT2D eigenvalue weighted by Crippen LogP contribution is -2.51. The van der Waals surface area contributed by atoms with Crippen molar-refractivity contribution in [3.8, 4) is 0 Å². The quantitative estimate of drug-likeness (QED) is 0.263. The number of carbonyl (C=O) groups is 1. The molecule has 2 fully saturated rings. The highest BCUT2D eigenvalue weighted by molar-refractivity contribution is 6.50. The molecule has 0 radical (unpaired) electrons. The molecule has 4 heteroatoms. The number of hydrogen-bond acceptors (Lipinski definition) is 4. The number of aliphatic hydroxyl groups excluding tert-OH is 1. The average molecular weight is 483 g/mol. The molecule has 5 unspecified atom stereocenters. The van der Waals surface area contributed by atoms with Gasteiger partial charge in [-0.25, -0.2) is 0 Å². The molecular formula is C31H50N2O2. The lowest BCUT2D eigenvalue weighted by Gasteiger charge is -2.59. The Morgan fingerprint density at radius 3 is 2.63 bits per heavy atom. The molecule has 0 aliphatic heterocycles. The van der Waals surface area contributed by atoms with Crippen LogP contribution < -0.4 is 5.32 Å². The predicted octanol–water partition coefficient (Wildman–Crippen LogP) is 7.58. The third kappa shape index (κ3) is 5.62. The predicted molar refractivity (Wildman–Crippen MR) is 148 cm³/mol. The number of rotatable bonds is 9. The number of aliphatic imine (C=N–C) groups is 1. The fourth-order valence-corrected chi connectivity index (χ4v) is 6.64. The summed E-state index contributed by atoms with van der Waals surface area (Å²) in [7, 11) is 0. The molecular weight excluding hydrogens is 432 g/mol. The number of carbonyl (C=O) groups excluding carboxylic acids is 1. The van der Waals surface area contributed by atoms with Crippen molar-refractivity contribution < 1.29 is 9.90 Å². The number of ketones is 1. The van der Waals surface area contributed by atoms with Gasteiger partial charge in [-0.15, -0.1) is 0 Å². The summed E-state index contributed by atoms with van der Waals surface area (Å²) in [5.74, 6) is 1.98. The number of nitrogens with one attached hydrogen (secondary N) is 1. The fourth-order valence-electron chi connectivity index (χ4n) is 6.64. The van der Waals surface area contributed by atoms with E-state index in [2.05, 4.69) is 60.4 Å². The summed E-state index contributed by atoms with van der Waals surface area (Å²) >= 11 is 0. The topological polar surface area (TPSA) is 61.7 Å². The van der Waals surface area contributed by atoms with E-state index in [1.165, 1.54) is 24.8 Å². The van der Waals surface area contributed by atoms with Gasteiger partial charge in [-0.1, -0.05) is 67.0 Å². The van der Waals surface area contributed by atoms with E-state index in [1.807, 2.05) is 0 Å². The molecule has 2 N–H and O–H groups in total. The van der Waals surface area contributed by atoms with Crippen molar-refractivity contribution in [1.29, 1.82) is 0 Å². The maximum atomic E-state index is 13.8. The number of allylic oxidation sites excluding steroid dienone is 3. The van der Waals surface area contributed by atoms with Crippen LogP contribution in [0.15, 0.2) is 40.2 Å². The van der Waals surface area contributed by atoms with E-state index in [-0.39, 0.29) is 22.4 Å². The molecule has 196 valence electrons. The Balaban J connectivity index is 1.98. The van der Waals surface area contributed by atoms with E-state index >= 15 is 0 Å². The Kier molecular flexibility index (Phi) is 8.76. The molecule has 0 amide bonds. The van der Waals surface area contributed by atoms with Crippen molar-refractivity contribution in [2.24, 2.45) is 39.5 Å². The minimum Gasteiger partial charge on any atom is -0.505 e. The van der Waals surface area contributed by atoms with Crippen LogP contribution in [0.1, 0.15) is 99.8 Å². The second kappa shape index (κ2) is 11.0. The van der Waals surface area contributed by atoms with E-state index < -0.39 is 0 Å². The van der Waals surface area contributed by atoms with Crippen LogP contribution >= 0.6 is 0 Å². The Hall–Kier alpha value is -1.84. The van der Waals surface area contributed by atoms with Crippen LogP contribution in [0.4, 0.5) is 0 Å². The molecule has 35 heavy (non-hydrogen) atoms. The molecule has 4 nitrogen and oxygen atoms in total. The highest BCUT2D eigenvalue weighted by Crippen LogP contribution is 2.63. The zero-order chi connectivity index (χ0) is 26.0. The normalized spacial score (nSPS) is 33.7. The number of fused-ring (bicyclic) bond motifs is 1. The number of Topliss-reactive ketones (excluding diaryl/α,β-unsaturated/α-hetero) is 1. The molecule has 3 aliphatic rings. The third-order valence-electron chi connectivity index (χ3n) is 9.76. The second-order valence-electron chi connectivity index (χ2n) is 12.7. The highest BCUT2D eigenvalue weighted by atomic mass is 16.3. The van der Waals surface area contributed by atoms with Crippen molar-refractivity contribution in [1.82, 2.24) is 5.32 Å². The molecule has 3 rings (SSSR count). The molecule has 0 spiro atoms. The first-order valence-corrected chi connectivity index (χ1v) is 14.1. The average Bonchev–Trinajstić information content (AvgIpc) is 2.81. The summed E-state index contributed by atoms with van der Waals surface area (Å²) in [5.41, 5.74) is 3.13. The molecule has 5 atom stereocenters. The van der Waals surface area contributed by atoms with E-state index in [1.54, 1.807) is 6.08 Å². The van der Waals surface area contributed by atoms with Gasteiger partial charge in [0.2, 0.25) is 5.78 Å². The zero-order valence-corrected chi connectivity index (χ0v) is 23.5. The van der Waals surface area contributed by atoms with Gasteiger partial charge in [0.25, 0.3) is 0 Å². The first kappa shape index (κ1) is 27.7. The van der Waals surface area contributed by atoms with Crippen molar-refractivity contribution in [2.75, 3.05) is 13.1 Å². The van der Waals surface area contributed by atoms with Crippen LogP contribution in [0, 0.1) is 34.5 Å². The van der Waals surface area contributed by atoms with Crippen LogP contribution in [-0.4, -0.2) is 29.7 Å². The lowest BCUT2D eigenvalue weighted by molar-refractivity contribution is -0.111. The summed E-state index contributed by atoms with van der Waals surface area (Å²) in [6, 6.07) is 0. The van der Waals surface area contributed by atoms with E-state index in [4.69, 9.17) is 4.99 Å². The lowest BCUT2D eigenvalue weighted by atomic mass is 9.46. The summed E-state index contributed by atoms with van der Waals surface area (Å²) in [4.78, 5) is 18.5. The zero-order valence-electron chi connectivity index (χ0n) is 23.5. The Morgan fingerprint density at radius 1 is 1.26 bits per heavy atom. The molecule has 0 bridgehead atoms. The minimum absolute atomic E-state index is 0.0719. The first-order valence-electron chi connectivity index (χ1n) is 14.1. The summed E-state index contributed by atoms with van der Waals surface area (Å²) in [6.45, 7) is 21.7. The van der Waals surface area contributed by atoms with Crippen molar-refractivity contribution in [3.63, 3.8) is 0 Å². The number of hydrogen-bond donors (Lipinski definition) is 2.